The highest BCUT2D eigenvalue weighted by molar-refractivity contribution is 5.20. The summed E-state index contributed by atoms with van der Waals surface area (Å²) in [4.78, 5) is 10.3. The summed E-state index contributed by atoms with van der Waals surface area (Å²) < 4.78 is 27.5. The van der Waals surface area contributed by atoms with Crippen LogP contribution in [-0.4, -0.2) is 28.0 Å². The van der Waals surface area contributed by atoms with E-state index in [1.807, 2.05) is 6.07 Å². The van der Waals surface area contributed by atoms with Crippen LogP contribution < -0.4 is 0 Å². The van der Waals surface area contributed by atoms with E-state index in [0.717, 1.165) is 31.6 Å². The topological polar surface area (TPSA) is 29.0 Å². The second kappa shape index (κ2) is 6.26. The van der Waals surface area contributed by atoms with Crippen molar-refractivity contribution in [3.63, 3.8) is 0 Å². The van der Waals surface area contributed by atoms with Gasteiger partial charge in [0.1, 0.15) is 18.0 Å². The van der Waals surface area contributed by atoms with Crippen LogP contribution in [0.25, 0.3) is 0 Å². The lowest BCUT2D eigenvalue weighted by Crippen LogP contribution is -2.34. The molecule has 110 valence electrons. The Kier molecular flexibility index (Phi) is 4.20. The van der Waals surface area contributed by atoms with Crippen molar-refractivity contribution in [1.82, 2.24) is 14.9 Å². The number of halogens is 2. The highest BCUT2D eigenvalue weighted by atomic mass is 19.1. The Labute approximate surface area is 122 Å². The van der Waals surface area contributed by atoms with Gasteiger partial charge in [-0.1, -0.05) is 6.07 Å². The SMILES string of the molecule is Fc1cccc(F)c1CN1CCCC(c2ccncn2)C1. The fourth-order valence-electron chi connectivity index (χ4n) is 2.89. The zero-order valence-corrected chi connectivity index (χ0v) is 11.7. The molecule has 0 aliphatic carbocycles. The van der Waals surface area contributed by atoms with Crippen molar-refractivity contribution in [2.75, 3.05) is 13.1 Å². The molecule has 0 bridgehead atoms. The largest absolute Gasteiger partial charge is 0.298 e. The molecule has 1 saturated heterocycles. The molecule has 1 aromatic heterocycles. The number of nitrogens with zero attached hydrogens (tertiary/aromatic N) is 3. The molecule has 1 aliphatic heterocycles. The second-order valence-electron chi connectivity index (χ2n) is 5.41. The molecule has 2 aromatic rings. The van der Waals surface area contributed by atoms with Crippen LogP contribution in [0.4, 0.5) is 8.78 Å². The molecule has 0 amide bonds. The minimum Gasteiger partial charge on any atom is -0.298 e. The van der Waals surface area contributed by atoms with Crippen molar-refractivity contribution in [3.05, 3.63) is 59.7 Å². The number of likely N-dealkylation sites (tertiary alicyclic amines) is 1. The first-order valence-corrected chi connectivity index (χ1v) is 7.15. The van der Waals surface area contributed by atoms with E-state index in [2.05, 4.69) is 14.9 Å². The lowest BCUT2D eigenvalue weighted by atomic mass is 9.94. The number of rotatable bonds is 3. The number of hydrogen-bond acceptors (Lipinski definition) is 3. The molecular formula is C16H17F2N3. The Morgan fingerprint density at radius 1 is 1.19 bits per heavy atom. The van der Waals surface area contributed by atoms with Gasteiger partial charge in [-0.25, -0.2) is 18.7 Å². The molecule has 5 heteroatoms. The predicted octanol–water partition coefficient (Wildman–Crippen LogP) is 3.13. The van der Waals surface area contributed by atoms with E-state index in [9.17, 15) is 8.78 Å². The van der Waals surface area contributed by atoms with Gasteiger partial charge < -0.3 is 0 Å². The van der Waals surface area contributed by atoms with Crippen LogP contribution in [-0.2, 0) is 6.54 Å². The van der Waals surface area contributed by atoms with Crippen molar-refractivity contribution >= 4 is 0 Å². The van der Waals surface area contributed by atoms with E-state index in [1.165, 1.54) is 18.2 Å². The third kappa shape index (κ3) is 3.24. The maximum absolute atomic E-state index is 13.7. The summed E-state index contributed by atoms with van der Waals surface area (Å²) in [5.41, 5.74) is 1.16. The van der Waals surface area contributed by atoms with Gasteiger partial charge in [-0.3, -0.25) is 4.90 Å². The number of aromatic nitrogens is 2. The van der Waals surface area contributed by atoms with E-state index in [1.54, 1.807) is 12.5 Å². The number of piperidine rings is 1. The van der Waals surface area contributed by atoms with Crippen molar-refractivity contribution in [2.45, 2.75) is 25.3 Å². The molecule has 1 fully saturated rings. The number of benzene rings is 1. The Balaban J connectivity index is 1.72. The lowest BCUT2D eigenvalue weighted by molar-refractivity contribution is 0.194. The smallest absolute Gasteiger partial charge is 0.130 e. The van der Waals surface area contributed by atoms with Gasteiger partial charge >= 0.3 is 0 Å². The minimum absolute atomic E-state index is 0.154. The lowest BCUT2D eigenvalue weighted by Gasteiger charge is -2.32. The first-order chi connectivity index (χ1) is 10.2. The molecular weight excluding hydrogens is 272 g/mol. The highest BCUT2D eigenvalue weighted by Crippen LogP contribution is 2.26. The van der Waals surface area contributed by atoms with Gasteiger partial charge in [-0.05, 0) is 37.6 Å². The van der Waals surface area contributed by atoms with Gasteiger partial charge in [0.05, 0.1) is 0 Å². The molecule has 1 aromatic carbocycles. The van der Waals surface area contributed by atoms with Gasteiger partial charge in [-0.2, -0.15) is 0 Å². The highest BCUT2D eigenvalue weighted by Gasteiger charge is 2.23. The van der Waals surface area contributed by atoms with E-state index in [4.69, 9.17) is 0 Å². The first kappa shape index (κ1) is 14.1. The zero-order chi connectivity index (χ0) is 14.7. The maximum Gasteiger partial charge on any atom is 0.130 e. The van der Waals surface area contributed by atoms with Gasteiger partial charge in [0.25, 0.3) is 0 Å². The maximum atomic E-state index is 13.7. The summed E-state index contributed by atoms with van der Waals surface area (Å²) in [6.45, 7) is 1.93. The predicted molar refractivity (Wildman–Crippen MR) is 75.6 cm³/mol. The average Bonchev–Trinajstić information content (AvgIpc) is 2.52. The molecule has 21 heavy (non-hydrogen) atoms. The normalized spacial score (nSPS) is 19.6. The fraction of sp³-hybridized carbons (Fsp3) is 0.375. The summed E-state index contributed by atoms with van der Waals surface area (Å²) in [6, 6.07) is 5.93. The van der Waals surface area contributed by atoms with Crippen LogP contribution >= 0.6 is 0 Å². The molecule has 3 rings (SSSR count). The Morgan fingerprint density at radius 3 is 2.71 bits per heavy atom. The molecule has 1 unspecified atom stereocenters. The standard InChI is InChI=1S/C16H17F2N3/c17-14-4-1-5-15(18)13(14)10-21-8-2-3-12(9-21)16-6-7-19-11-20-16/h1,4-7,11-12H,2-3,8-10H2. The van der Waals surface area contributed by atoms with E-state index in [-0.39, 0.29) is 5.56 Å². The summed E-state index contributed by atoms with van der Waals surface area (Å²) in [7, 11) is 0. The van der Waals surface area contributed by atoms with Gasteiger partial charge in [0.2, 0.25) is 0 Å². The molecule has 0 saturated carbocycles. The summed E-state index contributed by atoms with van der Waals surface area (Å²) in [5, 5.41) is 0. The Bertz CT molecular complexity index is 583. The quantitative estimate of drug-likeness (QED) is 0.869. The Hall–Kier alpha value is -1.88. The monoisotopic (exact) mass is 289 g/mol. The average molecular weight is 289 g/mol. The van der Waals surface area contributed by atoms with E-state index in [0.29, 0.717) is 12.5 Å². The van der Waals surface area contributed by atoms with Crippen molar-refractivity contribution in [2.24, 2.45) is 0 Å². The molecule has 1 aliphatic rings. The van der Waals surface area contributed by atoms with Crippen molar-refractivity contribution < 1.29 is 8.78 Å². The van der Waals surface area contributed by atoms with Gasteiger partial charge in [0.15, 0.2) is 0 Å². The third-order valence-corrected chi connectivity index (χ3v) is 3.97. The Morgan fingerprint density at radius 2 is 2.00 bits per heavy atom. The van der Waals surface area contributed by atoms with Crippen LogP contribution in [0.1, 0.15) is 30.0 Å². The van der Waals surface area contributed by atoms with Crippen LogP contribution in [0.5, 0.6) is 0 Å². The second-order valence-corrected chi connectivity index (χ2v) is 5.41. The number of hydrogen-bond donors (Lipinski definition) is 0. The third-order valence-electron chi connectivity index (χ3n) is 3.97. The first-order valence-electron chi connectivity index (χ1n) is 7.15. The molecule has 3 nitrogen and oxygen atoms in total. The van der Waals surface area contributed by atoms with Crippen molar-refractivity contribution in [1.29, 1.82) is 0 Å². The summed E-state index contributed by atoms with van der Waals surface area (Å²) in [6.07, 6.45) is 5.33. The molecule has 0 spiro atoms. The minimum atomic E-state index is -0.473. The molecule has 0 N–H and O–H groups in total. The van der Waals surface area contributed by atoms with Crippen LogP contribution in [0.2, 0.25) is 0 Å². The van der Waals surface area contributed by atoms with Crippen molar-refractivity contribution in [3.8, 4) is 0 Å². The van der Waals surface area contributed by atoms with E-state index < -0.39 is 11.6 Å². The molecule has 1 atom stereocenters. The van der Waals surface area contributed by atoms with Crippen LogP contribution in [0.15, 0.2) is 36.8 Å². The van der Waals surface area contributed by atoms with Crippen LogP contribution in [0.3, 0.4) is 0 Å². The summed E-state index contributed by atoms with van der Waals surface area (Å²) >= 11 is 0. The fourth-order valence-corrected chi connectivity index (χ4v) is 2.89. The van der Waals surface area contributed by atoms with Crippen LogP contribution in [0, 0.1) is 11.6 Å². The zero-order valence-electron chi connectivity index (χ0n) is 11.7. The molecule has 0 radical (unpaired) electrons. The summed E-state index contributed by atoms with van der Waals surface area (Å²) in [5.74, 6) is -0.644. The molecule has 2 heterocycles. The van der Waals surface area contributed by atoms with E-state index >= 15 is 0 Å². The van der Waals surface area contributed by atoms with Gasteiger partial charge in [-0.15, -0.1) is 0 Å². The van der Waals surface area contributed by atoms with Gasteiger partial charge in [0, 0.05) is 36.5 Å².